The van der Waals surface area contributed by atoms with E-state index in [1.54, 1.807) is 20.3 Å². The smallest absolute Gasteiger partial charge is 0.241 e. The molecule has 1 aliphatic rings. The van der Waals surface area contributed by atoms with Gasteiger partial charge in [0.25, 0.3) is 0 Å². The standard InChI is InChI=1S/C27H35ClN3O4/c1-18(14-20-11-12-23(34-4)27(35-5)26(20)28)10-13-24(33)29-15-25-30(3)19(2)16-31(25)17-21-8-6-7-9-22(21)32/h6-9,11-12,16,18,25,32H,10,13-15,17H2,1-5H3. The maximum absolute atomic E-state index is 12.6. The van der Waals surface area contributed by atoms with E-state index in [2.05, 4.69) is 22.0 Å². The Labute approximate surface area is 213 Å². The molecule has 0 aromatic heterocycles. The van der Waals surface area contributed by atoms with Gasteiger partial charge in [0.1, 0.15) is 11.9 Å². The Morgan fingerprint density at radius 1 is 1.17 bits per heavy atom. The summed E-state index contributed by atoms with van der Waals surface area (Å²) in [6.07, 6.45) is 3.81. The Kier molecular flexibility index (Phi) is 9.15. The zero-order valence-electron chi connectivity index (χ0n) is 21.1. The van der Waals surface area contributed by atoms with Gasteiger partial charge in [-0.3, -0.25) is 4.79 Å². The third-order valence-corrected chi connectivity index (χ3v) is 6.91. The first-order chi connectivity index (χ1) is 16.7. The number of methoxy groups -OCH3 is 2. The number of allylic oxidation sites excluding steroid dienone is 1. The number of hydrogen-bond donors (Lipinski definition) is 1. The lowest BCUT2D eigenvalue weighted by Gasteiger charge is -2.31. The van der Waals surface area contributed by atoms with Crippen molar-refractivity contribution in [3.63, 3.8) is 0 Å². The maximum atomic E-state index is 12.6. The van der Waals surface area contributed by atoms with Crippen molar-refractivity contribution < 1.29 is 19.4 Å². The molecule has 1 amide bonds. The molecule has 3 rings (SSSR count). The van der Waals surface area contributed by atoms with Gasteiger partial charge in [-0.2, -0.15) is 0 Å². The first-order valence-corrected chi connectivity index (χ1v) is 12.2. The van der Waals surface area contributed by atoms with Crippen LogP contribution in [-0.4, -0.2) is 54.8 Å². The fourth-order valence-corrected chi connectivity index (χ4v) is 4.60. The number of rotatable bonds is 11. The lowest BCUT2D eigenvalue weighted by atomic mass is 9.96. The number of amides is 1. The van der Waals surface area contributed by atoms with Crippen molar-refractivity contribution in [3.05, 3.63) is 64.4 Å². The van der Waals surface area contributed by atoms with Crippen LogP contribution in [0.4, 0.5) is 0 Å². The summed E-state index contributed by atoms with van der Waals surface area (Å²) in [6.45, 7) is 5.05. The molecule has 2 unspecified atom stereocenters. The number of benzene rings is 2. The lowest BCUT2D eigenvalue weighted by molar-refractivity contribution is -0.122. The molecule has 8 heteroatoms. The minimum absolute atomic E-state index is 0.0680. The molecule has 0 spiro atoms. The molecule has 2 aromatic carbocycles. The molecule has 0 saturated carbocycles. The predicted octanol–water partition coefficient (Wildman–Crippen LogP) is 4.79. The third kappa shape index (κ3) is 6.54. The van der Waals surface area contributed by atoms with Gasteiger partial charge in [-0.1, -0.05) is 42.8 Å². The van der Waals surface area contributed by atoms with Gasteiger partial charge < -0.3 is 24.4 Å². The number of carbonyl (C=O) groups excluding carboxylic acids is 1. The Morgan fingerprint density at radius 3 is 2.60 bits per heavy atom. The van der Waals surface area contributed by atoms with Gasteiger partial charge in [-0.05, 0) is 43.4 Å². The van der Waals surface area contributed by atoms with Gasteiger partial charge >= 0.3 is 0 Å². The third-order valence-electron chi connectivity index (χ3n) is 6.50. The van der Waals surface area contributed by atoms with E-state index >= 15 is 0 Å². The number of carbonyl (C=O) groups is 1. The topological polar surface area (TPSA) is 76.3 Å². The molecule has 7 nitrogen and oxygen atoms in total. The second-order valence-corrected chi connectivity index (χ2v) is 9.40. The molecule has 35 heavy (non-hydrogen) atoms. The monoisotopic (exact) mass is 500 g/mol. The van der Waals surface area contributed by atoms with Gasteiger partial charge in [-0.15, -0.1) is 0 Å². The van der Waals surface area contributed by atoms with Crippen molar-refractivity contribution in [2.45, 2.75) is 45.8 Å². The highest BCUT2D eigenvalue weighted by atomic mass is 35.5. The number of nitrogens with zero attached hydrogens (tertiary/aromatic N) is 3. The molecule has 0 saturated heterocycles. The average molecular weight is 501 g/mol. The van der Waals surface area contributed by atoms with Gasteiger partial charge in [-0.25, -0.2) is 5.32 Å². The highest BCUT2D eigenvalue weighted by molar-refractivity contribution is 6.33. The van der Waals surface area contributed by atoms with E-state index in [0.29, 0.717) is 42.5 Å². The van der Waals surface area contributed by atoms with Gasteiger partial charge in [0.15, 0.2) is 11.5 Å². The van der Waals surface area contributed by atoms with E-state index in [-0.39, 0.29) is 23.7 Å². The Hall–Kier alpha value is -3.06. The van der Waals surface area contributed by atoms with Crippen molar-refractivity contribution in [3.8, 4) is 17.2 Å². The zero-order valence-corrected chi connectivity index (χ0v) is 21.9. The first kappa shape index (κ1) is 26.5. The number of halogens is 1. The van der Waals surface area contributed by atoms with Gasteiger partial charge in [0.05, 0.1) is 25.8 Å². The number of likely N-dealkylation sites (N-methyl/N-ethyl adjacent to an activating group) is 1. The first-order valence-electron chi connectivity index (χ1n) is 11.8. The van der Waals surface area contributed by atoms with Crippen molar-refractivity contribution in [2.24, 2.45) is 5.92 Å². The molecule has 1 N–H and O–H groups in total. The molecule has 1 aliphatic heterocycles. The van der Waals surface area contributed by atoms with Crippen LogP contribution in [0.2, 0.25) is 5.02 Å². The van der Waals surface area contributed by atoms with Crippen LogP contribution in [0.15, 0.2) is 48.3 Å². The van der Waals surface area contributed by atoms with Gasteiger partial charge in [0.2, 0.25) is 5.91 Å². The summed E-state index contributed by atoms with van der Waals surface area (Å²) in [5.74, 6) is 1.54. The summed E-state index contributed by atoms with van der Waals surface area (Å²) >= 11 is 6.51. The molecule has 2 atom stereocenters. The largest absolute Gasteiger partial charge is 0.508 e. The Bertz CT molecular complexity index is 1060. The quantitative estimate of drug-likeness (QED) is 0.478. The maximum Gasteiger partial charge on any atom is 0.241 e. The number of hydrogen-bond acceptors (Lipinski definition) is 6. The summed E-state index contributed by atoms with van der Waals surface area (Å²) in [5, 5.41) is 15.1. The highest BCUT2D eigenvalue weighted by Gasteiger charge is 2.29. The summed E-state index contributed by atoms with van der Waals surface area (Å²) in [7, 11) is 5.15. The highest BCUT2D eigenvalue weighted by Crippen LogP contribution is 2.38. The van der Waals surface area contributed by atoms with E-state index in [4.69, 9.17) is 21.1 Å². The molecule has 0 aliphatic carbocycles. The van der Waals surface area contributed by atoms with Crippen LogP contribution in [0.25, 0.3) is 0 Å². The summed E-state index contributed by atoms with van der Waals surface area (Å²) < 4.78 is 10.7. The van der Waals surface area contributed by atoms with E-state index in [9.17, 15) is 9.90 Å². The number of phenolic OH excluding ortho intramolecular Hbond substituents is 1. The van der Waals surface area contributed by atoms with Crippen LogP contribution in [-0.2, 0) is 17.8 Å². The van der Waals surface area contributed by atoms with E-state index < -0.39 is 0 Å². The normalized spacial score (nSPS) is 16.2. The van der Waals surface area contributed by atoms with Crippen LogP contribution in [0.1, 0.15) is 37.8 Å². The van der Waals surface area contributed by atoms with Crippen LogP contribution in [0.5, 0.6) is 17.2 Å². The minimum Gasteiger partial charge on any atom is -0.508 e. The molecule has 0 bridgehead atoms. The Morgan fingerprint density at radius 2 is 1.91 bits per heavy atom. The number of phenols is 1. The predicted molar refractivity (Wildman–Crippen MR) is 138 cm³/mol. The summed E-state index contributed by atoms with van der Waals surface area (Å²) in [6, 6.07) is 11.1. The Balaban J connectivity index is 1.51. The average Bonchev–Trinajstić information content (AvgIpc) is 3.11. The zero-order chi connectivity index (χ0) is 25.5. The second kappa shape index (κ2) is 12.1. The number of ether oxygens (including phenoxy) is 2. The molecule has 189 valence electrons. The molecular formula is C27H35ClN3O4. The summed E-state index contributed by atoms with van der Waals surface area (Å²) in [4.78, 5) is 16.8. The molecular weight excluding hydrogens is 466 g/mol. The van der Waals surface area contributed by atoms with E-state index in [1.807, 2.05) is 50.5 Å². The van der Waals surface area contributed by atoms with Crippen molar-refractivity contribution in [1.82, 2.24) is 15.1 Å². The van der Waals surface area contributed by atoms with Crippen molar-refractivity contribution >= 4 is 17.5 Å². The van der Waals surface area contributed by atoms with Crippen LogP contribution in [0, 0.1) is 5.92 Å². The fraction of sp³-hybridized carbons (Fsp3) is 0.444. The number of para-hydroxylation sites is 1. The van der Waals surface area contributed by atoms with E-state index in [1.165, 1.54) is 0 Å². The molecule has 1 heterocycles. The van der Waals surface area contributed by atoms with Crippen LogP contribution < -0.4 is 14.8 Å². The van der Waals surface area contributed by atoms with E-state index in [0.717, 1.165) is 23.2 Å². The second-order valence-electron chi connectivity index (χ2n) is 9.02. The van der Waals surface area contributed by atoms with Crippen LogP contribution >= 0.6 is 11.6 Å². The van der Waals surface area contributed by atoms with Crippen molar-refractivity contribution in [1.29, 1.82) is 0 Å². The molecule has 2 aromatic rings. The van der Waals surface area contributed by atoms with Crippen LogP contribution in [0.3, 0.4) is 0 Å². The van der Waals surface area contributed by atoms with Crippen molar-refractivity contribution in [2.75, 3.05) is 27.8 Å². The molecule has 1 radical (unpaired) electrons. The van der Waals surface area contributed by atoms with Gasteiger partial charge in [0, 0.05) is 37.5 Å². The minimum atomic E-state index is -0.101. The fourth-order valence-electron chi connectivity index (χ4n) is 4.29. The lowest BCUT2D eigenvalue weighted by Crippen LogP contribution is -2.43. The summed E-state index contributed by atoms with van der Waals surface area (Å²) in [5.41, 5.74) is 2.90. The molecule has 0 fully saturated rings. The SMILES string of the molecule is COc1ccc(CC(C)CCC(=O)[N]CC2N(Cc3ccccc3O)C=C(C)N2C)c(Cl)c1OC. The number of aromatic hydroxyl groups is 1.